The smallest absolute Gasteiger partial charge is 0.126 e. The first-order valence-corrected chi connectivity index (χ1v) is 14.8. The van der Waals surface area contributed by atoms with Crippen molar-refractivity contribution in [3.63, 3.8) is 0 Å². The van der Waals surface area contributed by atoms with Crippen molar-refractivity contribution in [2.24, 2.45) is 0 Å². The Morgan fingerprint density at radius 1 is 0.974 bits per heavy atom. The fraction of sp³-hybridized carbons (Fsp3) is 0.636. The molecule has 6 nitrogen and oxygen atoms in total. The number of aryl methyl sites for hydroxylation is 1. The third-order valence-corrected chi connectivity index (χ3v) is 8.46. The molecular weight excluding hydrogens is 488 g/mol. The first-order chi connectivity index (χ1) is 18.6. The maximum absolute atomic E-state index is 10.8. The van der Waals surface area contributed by atoms with Crippen molar-refractivity contribution in [3.8, 4) is 11.5 Å². The Morgan fingerprint density at radius 2 is 1.59 bits per heavy atom. The van der Waals surface area contributed by atoms with Gasteiger partial charge in [-0.15, -0.1) is 0 Å². The summed E-state index contributed by atoms with van der Waals surface area (Å²) in [5.41, 5.74) is 6.56. The van der Waals surface area contributed by atoms with Crippen molar-refractivity contribution in [2.75, 3.05) is 46.4 Å². The van der Waals surface area contributed by atoms with Crippen LogP contribution in [0.1, 0.15) is 82.4 Å². The third-order valence-electron chi connectivity index (χ3n) is 8.46. The number of aliphatic hydroxyl groups is 2. The van der Waals surface area contributed by atoms with Gasteiger partial charge in [0.2, 0.25) is 0 Å². The highest BCUT2D eigenvalue weighted by Crippen LogP contribution is 2.43. The van der Waals surface area contributed by atoms with Gasteiger partial charge in [0.1, 0.15) is 17.1 Å². The van der Waals surface area contributed by atoms with Gasteiger partial charge in [-0.05, 0) is 103 Å². The fourth-order valence-corrected chi connectivity index (χ4v) is 5.62. The third kappa shape index (κ3) is 9.49. The molecule has 1 unspecified atom stereocenters. The van der Waals surface area contributed by atoms with Gasteiger partial charge < -0.3 is 25.0 Å². The molecule has 0 aromatic heterocycles. The average Bonchev–Trinajstić information content (AvgIpc) is 2.90. The lowest BCUT2D eigenvalue weighted by Crippen LogP contribution is -2.44. The summed E-state index contributed by atoms with van der Waals surface area (Å²) in [5.74, 6) is 1.41. The van der Waals surface area contributed by atoms with Crippen LogP contribution in [0.3, 0.4) is 0 Å². The predicted molar refractivity (Wildman–Crippen MR) is 160 cm³/mol. The van der Waals surface area contributed by atoms with Crippen LogP contribution in [-0.4, -0.2) is 77.2 Å². The van der Waals surface area contributed by atoms with E-state index in [1.807, 2.05) is 12.1 Å². The van der Waals surface area contributed by atoms with Gasteiger partial charge in [0.25, 0.3) is 0 Å². The number of phenols is 1. The van der Waals surface area contributed by atoms with Crippen LogP contribution in [-0.2, 0) is 13.0 Å². The summed E-state index contributed by atoms with van der Waals surface area (Å²) >= 11 is 0. The molecule has 1 aromatic carbocycles. The lowest BCUT2D eigenvalue weighted by Gasteiger charge is -2.39. The van der Waals surface area contributed by atoms with E-state index in [1.54, 1.807) is 0 Å². The molecule has 0 spiro atoms. The second kappa shape index (κ2) is 15.0. The molecule has 1 saturated heterocycles. The van der Waals surface area contributed by atoms with Gasteiger partial charge in [-0.3, -0.25) is 4.90 Å². The molecule has 6 heteroatoms. The van der Waals surface area contributed by atoms with Crippen LogP contribution in [0.4, 0.5) is 0 Å². The molecule has 3 N–H and O–H groups in total. The van der Waals surface area contributed by atoms with E-state index in [1.165, 1.54) is 16.7 Å². The van der Waals surface area contributed by atoms with Crippen LogP contribution >= 0.6 is 0 Å². The molecule has 1 fully saturated rings. The summed E-state index contributed by atoms with van der Waals surface area (Å²) in [6, 6.07) is 1.89. The molecule has 3 rings (SSSR count). The largest absolute Gasteiger partial charge is 0.508 e. The van der Waals surface area contributed by atoms with E-state index in [-0.39, 0.29) is 18.8 Å². The molecule has 0 amide bonds. The molecule has 2 aliphatic heterocycles. The minimum absolute atomic E-state index is 0.0685. The zero-order valence-corrected chi connectivity index (χ0v) is 25.1. The van der Waals surface area contributed by atoms with Crippen molar-refractivity contribution in [1.29, 1.82) is 0 Å². The Kier molecular flexibility index (Phi) is 12.1. The fourth-order valence-electron chi connectivity index (χ4n) is 5.62. The Labute approximate surface area is 236 Å². The van der Waals surface area contributed by atoms with Crippen molar-refractivity contribution < 1.29 is 20.1 Å². The Balaban J connectivity index is 1.51. The number of benzene rings is 1. The number of fused-ring (bicyclic) bond motifs is 1. The normalized spacial score (nSPS) is 21.0. The van der Waals surface area contributed by atoms with E-state index in [9.17, 15) is 5.11 Å². The first kappa shape index (κ1) is 31.4. The highest BCUT2D eigenvalue weighted by Gasteiger charge is 2.34. The van der Waals surface area contributed by atoms with Gasteiger partial charge >= 0.3 is 0 Å². The van der Waals surface area contributed by atoms with Crippen LogP contribution in [0.25, 0.3) is 0 Å². The molecule has 0 saturated carbocycles. The van der Waals surface area contributed by atoms with E-state index < -0.39 is 0 Å². The van der Waals surface area contributed by atoms with Gasteiger partial charge in [-0.2, -0.15) is 0 Å². The molecule has 0 bridgehead atoms. The van der Waals surface area contributed by atoms with Gasteiger partial charge in [-0.25, -0.2) is 0 Å². The van der Waals surface area contributed by atoms with Gasteiger partial charge in [0.05, 0.1) is 13.2 Å². The molecule has 218 valence electrons. The minimum Gasteiger partial charge on any atom is -0.508 e. The molecule has 0 aliphatic carbocycles. The van der Waals surface area contributed by atoms with Crippen LogP contribution in [0.15, 0.2) is 41.0 Å². The number of hydrogen-bond donors (Lipinski definition) is 3. The van der Waals surface area contributed by atoms with E-state index >= 15 is 0 Å². The second-order valence-electron chi connectivity index (χ2n) is 12.0. The minimum atomic E-state index is -0.192. The average molecular weight is 541 g/mol. The van der Waals surface area contributed by atoms with E-state index in [4.69, 9.17) is 14.9 Å². The topological polar surface area (TPSA) is 76.4 Å². The van der Waals surface area contributed by atoms with Crippen molar-refractivity contribution >= 4 is 0 Å². The van der Waals surface area contributed by atoms with Crippen molar-refractivity contribution in [2.45, 2.75) is 91.2 Å². The molecule has 0 radical (unpaired) electrons. The summed E-state index contributed by atoms with van der Waals surface area (Å²) in [6.45, 7) is 13.5. The first-order valence-electron chi connectivity index (χ1n) is 14.8. The maximum Gasteiger partial charge on any atom is 0.126 e. The Bertz CT molecular complexity index is 1030. The number of allylic oxidation sites excluding steroid dienone is 5. The summed E-state index contributed by atoms with van der Waals surface area (Å²) in [4.78, 5) is 4.81. The number of aromatic hydroxyl groups is 1. The van der Waals surface area contributed by atoms with Crippen LogP contribution in [0.2, 0.25) is 0 Å². The second-order valence-corrected chi connectivity index (χ2v) is 12.0. The number of piperazine rings is 1. The van der Waals surface area contributed by atoms with Crippen LogP contribution < -0.4 is 4.74 Å². The number of aliphatic hydroxyl groups excluding tert-OH is 2. The van der Waals surface area contributed by atoms with E-state index in [0.717, 1.165) is 101 Å². The quantitative estimate of drug-likeness (QED) is 0.280. The number of hydrogen-bond acceptors (Lipinski definition) is 6. The van der Waals surface area contributed by atoms with Gasteiger partial charge in [0, 0.05) is 43.9 Å². The number of rotatable bonds is 13. The number of nitrogens with zero attached hydrogens (tertiary/aromatic N) is 2. The van der Waals surface area contributed by atoms with Crippen LogP contribution in [0, 0.1) is 6.92 Å². The SMILES string of the molecule is C/C(=C\CC/C(C)=C/CCC1(C)CCc2c(CN3CCN(C)CC3)c(O)cc(C)c2O1)CCC=C(CO)CO. The number of ether oxygens (including phenoxy) is 1. The zero-order valence-electron chi connectivity index (χ0n) is 25.1. The Hall–Kier alpha value is -2.12. The monoisotopic (exact) mass is 540 g/mol. The highest BCUT2D eigenvalue weighted by atomic mass is 16.5. The number of likely N-dealkylation sites (N-methyl/N-ethyl adjacent to an activating group) is 1. The van der Waals surface area contributed by atoms with E-state index in [2.05, 4.69) is 56.7 Å². The molecule has 1 atom stereocenters. The molecule has 2 aliphatic rings. The summed E-state index contributed by atoms with van der Waals surface area (Å²) in [5, 5.41) is 29.1. The van der Waals surface area contributed by atoms with Gasteiger partial charge in [-0.1, -0.05) is 29.4 Å². The molecular formula is C33H52N2O4. The highest BCUT2D eigenvalue weighted by molar-refractivity contribution is 5.54. The summed E-state index contributed by atoms with van der Waals surface area (Å²) < 4.78 is 6.70. The van der Waals surface area contributed by atoms with Crippen LogP contribution in [0.5, 0.6) is 11.5 Å². The Morgan fingerprint density at radius 3 is 2.23 bits per heavy atom. The molecule has 1 aromatic rings. The van der Waals surface area contributed by atoms with Gasteiger partial charge in [0.15, 0.2) is 0 Å². The summed E-state index contributed by atoms with van der Waals surface area (Å²) in [6.07, 6.45) is 14.4. The zero-order chi connectivity index (χ0) is 28.4. The lowest BCUT2D eigenvalue weighted by atomic mass is 9.85. The standard InChI is InChI=1S/C33H52N2O4/c1-25(11-7-13-28(23-36)24-37)9-6-10-26(2)12-8-15-33(4)16-14-29-30(22-35-19-17-34(5)18-20-35)31(38)21-27(3)32(29)39-33/h9,12-13,21,36-38H,6-8,10-11,14-20,22-24H2,1-5H3/b25-9+,26-12+. The summed E-state index contributed by atoms with van der Waals surface area (Å²) in [7, 11) is 2.17. The lowest BCUT2D eigenvalue weighted by molar-refractivity contribution is 0.0553. The molecule has 2 heterocycles. The predicted octanol–water partition coefficient (Wildman–Crippen LogP) is 5.68. The molecule has 39 heavy (non-hydrogen) atoms. The maximum atomic E-state index is 10.8. The van der Waals surface area contributed by atoms with Crippen molar-refractivity contribution in [3.05, 3.63) is 57.7 Å². The van der Waals surface area contributed by atoms with Crippen molar-refractivity contribution in [1.82, 2.24) is 9.80 Å². The van der Waals surface area contributed by atoms with E-state index in [0.29, 0.717) is 11.3 Å². The number of phenolic OH excluding ortho intramolecular Hbond substituents is 1.